The number of carbonyl (C=O) groups is 1. The van der Waals surface area contributed by atoms with Gasteiger partial charge in [-0.1, -0.05) is 36.4 Å². The van der Waals surface area contributed by atoms with Gasteiger partial charge in [0.15, 0.2) is 0 Å². The smallest absolute Gasteiger partial charge is 0.271 e. The zero-order valence-corrected chi connectivity index (χ0v) is 20.0. The molecule has 8 nitrogen and oxygen atoms in total. The van der Waals surface area contributed by atoms with E-state index in [1.54, 1.807) is 43.3 Å². The summed E-state index contributed by atoms with van der Waals surface area (Å²) < 4.78 is 29.2. The predicted octanol–water partition coefficient (Wildman–Crippen LogP) is 4.04. The summed E-state index contributed by atoms with van der Waals surface area (Å²) in [7, 11) is -3.99. The SMILES string of the molecule is Cc1ccc([N+](=O)[O-])cc1NC(=O)[C@@H](Cc1ccccc1)NS(=O)(=O)c1ccc(I)cc1. The van der Waals surface area contributed by atoms with Crippen LogP contribution in [0.3, 0.4) is 0 Å². The minimum absolute atomic E-state index is 0.0373. The standard InChI is InChI=1S/C22H20IN3O5S/c1-15-7-10-18(26(28)29)14-20(15)24-22(27)21(13-16-5-3-2-4-6-16)25-32(30,31)19-11-8-17(23)9-12-19/h2-12,14,21,25H,13H2,1H3,(H,24,27)/t21-/m1/s1. The van der Waals surface area contributed by atoms with Crippen molar-refractivity contribution in [3.63, 3.8) is 0 Å². The largest absolute Gasteiger partial charge is 0.324 e. The third kappa shape index (κ3) is 6.11. The Kier molecular flexibility index (Phi) is 7.59. The van der Waals surface area contributed by atoms with E-state index in [-0.39, 0.29) is 22.7 Å². The van der Waals surface area contributed by atoms with Crippen molar-refractivity contribution < 1.29 is 18.1 Å². The Bertz CT molecular complexity index is 1230. The van der Waals surface area contributed by atoms with Crippen LogP contribution >= 0.6 is 22.6 Å². The highest BCUT2D eigenvalue weighted by Crippen LogP contribution is 2.22. The molecule has 1 amide bonds. The lowest BCUT2D eigenvalue weighted by Crippen LogP contribution is -2.45. The van der Waals surface area contributed by atoms with Gasteiger partial charge in [-0.3, -0.25) is 14.9 Å². The van der Waals surface area contributed by atoms with Gasteiger partial charge in [-0.15, -0.1) is 0 Å². The van der Waals surface area contributed by atoms with Crippen molar-refractivity contribution in [2.24, 2.45) is 0 Å². The number of halogens is 1. The van der Waals surface area contributed by atoms with Gasteiger partial charge < -0.3 is 5.32 Å². The number of hydrogen-bond acceptors (Lipinski definition) is 5. The number of amides is 1. The fourth-order valence-corrected chi connectivity index (χ4v) is 4.54. The quantitative estimate of drug-likeness (QED) is 0.243. The maximum Gasteiger partial charge on any atom is 0.271 e. The molecule has 0 heterocycles. The molecule has 0 aliphatic rings. The first-order valence-electron chi connectivity index (χ1n) is 9.53. The van der Waals surface area contributed by atoms with Crippen LogP contribution in [0.5, 0.6) is 0 Å². The number of rotatable bonds is 8. The lowest BCUT2D eigenvalue weighted by molar-refractivity contribution is -0.384. The number of aryl methyl sites for hydroxylation is 1. The predicted molar refractivity (Wildman–Crippen MR) is 130 cm³/mol. The first kappa shape index (κ1) is 23.8. The number of nitrogens with zero attached hydrogens (tertiary/aromatic N) is 1. The summed E-state index contributed by atoms with van der Waals surface area (Å²) in [6, 6.07) is 18.2. The number of benzene rings is 3. The molecule has 32 heavy (non-hydrogen) atoms. The van der Waals surface area contributed by atoms with Gasteiger partial charge in [0.05, 0.1) is 15.5 Å². The number of nitro groups is 1. The minimum Gasteiger partial charge on any atom is -0.324 e. The number of nitrogens with one attached hydrogen (secondary N) is 2. The van der Waals surface area contributed by atoms with Crippen LogP contribution in [-0.4, -0.2) is 25.3 Å². The van der Waals surface area contributed by atoms with Crippen LogP contribution in [0, 0.1) is 20.6 Å². The third-order valence-electron chi connectivity index (χ3n) is 4.71. The second kappa shape index (κ2) is 10.2. The van der Waals surface area contributed by atoms with E-state index in [1.165, 1.54) is 30.3 Å². The molecule has 0 aliphatic heterocycles. The van der Waals surface area contributed by atoms with Crippen molar-refractivity contribution in [3.8, 4) is 0 Å². The molecule has 1 atom stereocenters. The summed E-state index contributed by atoms with van der Waals surface area (Å²) in [5, 5.41) is 13.7. The molecule has 3 rings (SSSR count). The molecule has 0 saturated heterocycles. The van der Waals surface area contributed by atoms with Gasteiger partial charge in [-0.05, 0) is 71.3 Å². The average molecular weight is 565 g/mol. The minimum atomic E-state index is -3.99. The van der Waals surface area contributed by atoms with E-state index in [2.05, 4.69) is 32.6 Å². The van der Waals surface area contributed by atoms with E-state index >= 15 is 0 Å². The first-order valence-corrected chi connectivity index (χ1v) is 12.1. The fourth-order valence-electron chi connectivity index (χ4n) is 2.98. The lowest BCUT2D eigenvalue weighted by atomic mass is 10.1. The highest BCUT2D eigenvalue weighted by Gasteiger charge is 2.27. The van der Waals surface area contributed by atoms with Gasteiger partial charge in [-0.25, -0.2) is 8.42 Å². The van der Waals surface area contributed by atoms with E-state index < -0.39 is 26.9 Å². The Balaban J connectivity index is 1.90. The van der Waals surface area contributed by atoms with E-state index in [0.29, 0.717) is 5.56 Å². The zero-order valence-electron chi connectivity index (χ0n) is 17.0. The fraction of sp³-hybridized carbons (Fsp3) is 0.136. The van der Waals surface area contributed by atoms with E-state index in [1.807, 2.05) is 6.07 Å². The highest BCUT2D eigenvalue weighted by molar-refractivity contribution is 14.1. The Labute approximate surface area is 199 Å². The first-order chi connectivity index (χ1) is 15.2. The van der Waals surface area contributed by atoms with Crippen LogP contribution in [0.4, 0.5) is 11.4 Å². The third-order valence-corrected chi connectivity index (χ3v) is 6.92. The van der Waals surface area contributed by atoms with Gasteiger partial charge in [-0.2, -0.15) is 4.72 Å². The molecule has 0 spiro atoms. The maximum absolute atomic E-state index is 13.1. The van der Waals surface area contributed by atoms with E-state index in [9.17, 15) is 23.3 Å². The zero-order chi connectivity index (χ0) is 23.3. The second-order valence-corrected chi connectivity index (χ2v) is 10.0. The van der Waals surface area contributed by atoms with Crippen LogP contribution < -0.4 is 10.0 Å². The van der Waals surface area contributed by atoms with Crippen molar-refractivity contribution in [1.82, 2.24) is 4.72 Å². The molecular weight excluding hydrogens is 545 g/mol. The highest BCUT2D eigenvalue weighted by atomic mass is 127. The van der Waals surface area contributed by atoms with Gasteiger partial charge >= 0.3 is 0 Å². The summed E-state index contributed by atoms with van der Waals surface area (Å²) in [6.07, 6.45) is 0.101. The Morgan fingerprint density at radius 2 is 1.72 bits per heavy atom. The molecule has 0 unspecified atom stereocenters. The van der Waals surface area contributed by atoms with Crippen LogP contribution in [0.25, 0.3) is 0 Å². The van der Waals surface area contributed by atoms with E-state index in [4.69, 9.17) is 0 Å². The molecule has 0 fully saturated rings. The second-order valence-electron chi connectivity index (χ2n) is 7.06. The summed E-state index contributed by atoms with van der Waals surface area (Å²) in [6.45, 7) is 1.70. The monoisotopic (exact) mass is 565 g/mol. The number of anilines is 1. The molecular formula is C22H20IN3O5S. The maximum atomic E-state index is 13.1. The van der Waals surface area contributed by atoms with Gasteiger partial charge in [0, 0.05) is 15.7 Å². The Morgan fingerprint density at radius 1 is 1.06 bits per heavy atom. The van der Waals surface area contributed by atoms with Crippen molar-refractivity contribution >= 4 is 49.9 Å². The summed E-state index contributed by atoms with van der Waals surface area (Å²) in [5.41, 5.74) is 1.44. The summed E-state index contributed by atoms with van der Waals surface area (Å²) >= 11 is 2.07. The molecule has 0 saturated carbocycles. The molecule has 3 aromatic carbocycles. The number of hydrogen-bond donors (Lipinski definition) is 2. The van der Waals surface area contributed by atoms with Crippen molar-refractivity contribution in [1.29, 1.82) is 0 Å². The molecule has 10 heteroatoms. The summed E-state index contributed by atoms with van der Waals surface area (Å²) in [5.74, 6) is -0.619. The molecule has 3 aromatic rings. The average Bonchev–Trinajstić information content (AvgIpc) is 2.75. The van der Waals surface area contributed by atoms with E-state index in [0.717, 1.165) is 9.13 Å². The molecule has 0 bridgehead atoms. The normalized spacial score (nSPS) is 12.2. The number of sulfonamides is 1. The molecule has 2 N–H and O–H groups in total. The number of non-ortho nitro benzene ring substituents is 1. The van der Waals surface area contributed by atoms with Crippen molar-refractivity contribution in [2.45, 2.75) is 24.3 Å². The Hall–Kier alpha value is -2.83. The van der Waals surface area contributed by atoms with Crippen LogP contribution in [0.15, 0.2) is 77.7 Å². The van der Waals surface area contributed by atoms with Gasteiger partial charge in [0.25, 0.3) is 5.69 Å². The van der Waals surface area contributed by atoms with Crippen LogP contribution in [0.2, 0.25) is 0 Å². The van der Waals surface area contributed by atoms with Gasteiger partial charge in [0.1, 0.15) is 6.04 Å². The Morgan fingerprint density at radius 3 is 2.34 bits per heavy atom. The number of nitro benzene ring substituents is 1. The van der Waals surface area contributed by atoms with Crippen molar-refractivity contribution in [3.05, 3.63) is 97.6 Å². The van der Waals surface area contributed by atoms with Gasteiger partial charge in [0.2, 0.25) is 15.9 Å². The van der Waals surface area contributed by atoms with Crippen molar-refractivity contribution in [2.75, 3.05) is 5.32 Å². The molecule has 0 radical (unpaired) electrons. The summed E-state index contributed by atoms with van der Waals surface area (Å²) in [4.78, 5) is 23.7. The lowest BCUT2D eigenvalue weighted by Gasteiger charge is -2.19. The van der Waals surface area contributed by atoms with Crippen LogP contribution in [0.1, 0.15) is 11.1 Å². The molecule has 0 aromatic heterocycles. The number of carbonyl (C=O) groups excluding carboxylic acids is 1. The molecule has 0 aliphatic carbocycles. The topological polar surface area (TPSA) is 118 Å². The van der Waals surface area contributed by atoms with Crippen LogP contribution in [-0.2, 0) is 21.2 Å². The molecule has 166 valence electrons.